The molecule has 2 heteroatoms. The Morgan fingerprint density at radius 2 is 2.11 bits per heavy atom. The molecule has 1 aromatic carbocycles. The molecular formula is C17H27NO. The van der Waals surface area contributed by atoms with Crippen molar-refractivity contribution >= 4 is 0 Å². The molecule has 19 heavy (non-hydrogen) atoms. The summed E-state index contributed by atoms with van der Waals surface area (Å²) in [4.78, 5) is 0. The first-order valence-corrected chi connectivity index (χ1v) is 7.60. The Labute approximate surface area is 117 Å². The number of hydrogen-bond acceptors (Lipinski definition) is 2. The normalized spacial score (nSPS) is 24.6. The highest BCUT2D eigenvalue weighted by atomic mass is 16.5. The van der Waals surface area contributed by atoms with Gasteiger partial charge in [0.15, 0.2) is 0 Å². The molecule has 2 rings (SSSR count). The van der Waals surface area contributed by atoms with E-state index in [1.54, 1.807) is 0 Å². The van der Waals surface area contributed by atoms with Gasteiger partial charge in [-0.15, -0.1) is 0 Å². The summed E-state index contributed by atoms with van der Waals surface area (Å²) in [5.74, 6) is 0.602. The molecule has 106 valence electrons. The monoisotopic (exact) mass is 261 g/mol. The summed E-state index contributed by atoms with van der Waals surface area (Å²) in [5, 5.41) is 3.69. The van der Waals surface area contributed by atoms with Crippen LogP contribution in [0.4, 0.5) is 0 Å². The molecule has 3 atom stereocenters. The maximum absolute atomic E-state index is 5.89. The Bertz CT molecular complexity index is 416. The minimum absolute atomic E-state index is 0.406. The molecule has 3 unspecified atom stereocenters. The van der Waals surface area contributed by atoms with Gasteiger partial charge < -0.3 is 10.1 Å². The van der Waals surface area contributed by atoms with Crippen LogP contribution in [0.2, 0.25) is 0 Å². The van der Waals surface area contributed by atoms with Crippen LogP contribution in [0.1, 0.15) is 49.4 Å². The van der Waals surface area contributed by atoms with E-state index in [9.17, 15) is 0 Å². The van der Waals surface area contributed by atoms with Crippen molar-refractivity contribution < 1.29 is 4.74 Å². The molecule has 0 saturated carbocycles. The molecule has 0 aliphatic carbocycles. The van der Waals surface area contributed by atoms with Gasteiger partial charge in [0.1, 0.15) is 0 Å². The molecule has 0 bridgehead atoms. The van der Waals surface area contributed by atoms with Crippen LogP contribution in [0, 0.1) is 19.8 Å². The molecule has 1 aliphatic rings. The first kappa shape index (κ1) is 14.5. The van der Waals surface area contributed by atoms with Gasteiger partial charge in [-0.3, -0.25) is 0 Å². The van der Waals surface area contributed by atoms with E-state index < -0.39 is 0 Å². The maximum atomic E-state index is 5.89. The lowest BCUT2D eigenvalue weighted by atomic mass is 9.84. The summed E-state index contributed by atoms with van der Waals surface area (Å²) in [6, 6.07) is 7.08. The van der Waals surface area contributed by atoms with E-state index in [0.29, 0.717) is 18.1 Å². The number of benzene rings is 1. The van der Waals surface area contributed by atoms with Crippen molar-refractivity contribution in [2.24, 2.45) is 5.92 Å². The molecule has 0 spiro atoms. The third kappa shape index (κ3) is 3.01. The molecule has 2 nitrogen and oxygen atoms in total. The fraction of sp³-hybridized carbons (Fsp3) is 0.647. The van der Waals surface area contributed by atoms with Crippen LogP contribution in [0.25, 0.3) is 0 Å². The van der Waals surface area contributed by atoms with Crippen molar-refractivity contribution in [1.82, 2.24) is 5.32 Å². The second-order valence-electron chi connectivity index (χ2n) is 5.59. The minimum Gasteiger partial charge on any atom is -0.378 e. The highest BCUT2D eigenvalue weighted by molar-refractivity contribution is 5.36. The van der Waals surface area contributed by atoms with Crippen molar-refractivity contribution in [2.75, 3.05) is 13.2 Å². The standard InChI is InChI=1S/C17H27NO/c1-5-16-15(10-11-19-16)17(18-6-2)14-9-7-8-12(3)13(14)4/h7-9,15-18H,5-6,10-11H2,1-4H3. The van der Waals surface area contributed by atoms with Crippen molar-refractivity contribution in [1.29, 1.82) is 0 Å². The number of ether oxygens (including phenoxy) is 1. The van der Waals surface area contributed by atoms with Gasteiger partial charge in [0.25, 0.3) is 0 Å². The zero-order valence-corrected chi connectivity index (χ0v) is 12.7. The lowest BCUT2D eigenvalue weighted by Crippen LogP contribution is -2.33. The molecule has 1 fully saturated rings. The summed E-state index contributed by atoms with van der Waals surface area (Å²) in [7, 11) is 0. The largest absolute Gasteiger partial charge is 0.378 e. The van der Waals surface area contributed by atoms with Crippen LogP contribution in [-0.4, -0.2) is 19.3 Å². The predicted octanol–water partition coefficient (Wildman–Crippen LogP) is 3.77. The van der Waals surface area contributed by atoms with Crippen LogP contribution < -0.4 is 5.32 Å². The van der Waals surface area contributed by atoms with E-state index in [0.717, 1.165) is 19.6 Å². The third-order valence-corrected chi connectivity index (χ3v) is 4.50. The van der Waals surface area contributed by atoms with E-state index in [4.69, 9.17) is 4.74 Å². The van der Waals surface area contributed by atoms with E-state index >= 15 is 0 Å². The molecule has 1 heterocycles. The van der Waals surface area contributed by atoms with E-state index in [2.05, 4.69) is 51.2 Å². The minimum atomic E-state index is 0.406. The second kappa shape index (κ2) is 6.53. The Hall–Kier alpha value is -0.860. The van der Waals surface area contributed by atoms with Crippen molar-refractivity contribution in [3.8, 4) is 0 Å². The Morgan fingerprint density at radius 3 is 2.79 bits per heavy atom. The zero-order valence-electron chi connectivity index (χ0n) is 12.7. The third-order valence-electron chi connectivity index (χ3n) is 4.50. The average molecular weight is 261 g/mol. The fourth-order valence-electron chi connectivity index (χ4n) is 3.29. The zero-order chi connectivity index (χ0) is 13.8. The van der Waals surface area contributed by atoms with Crippen LogP contribution in [0.3, 0.4) is 0 Å². The van der Waals surface area contributed by atoms with Gasteiger partial charge in [0.05, 0.1) is 6.10 Å². The van der Waals surface area contributed by atoms with Gasteiger partial charge in [-0.25, -0.2) is 0 Å². The summed E-state index contributed by atoms with van der Waals surface area (Å²) in [6.45, 7) is 10.8. The average Bonchev–Trinajstić information content (AvgIpc) is 2.88. The van der Waals surface area contributed by atoms with E-state index in [1.165, 1.54) is 23.1 Å². The predicted molar refractivity (Wildman–Crippen MR) is 80.5 cm³/mol. The van der Waals surface area contributed by atoms with Gasteiger partial charge in [-0.1, -0.05) is 32.0 Å². The summed E-state index contributed by atoms with van der Waals surface area (Å²) >= 11 is 0. The van der Waals surface area contributed by atoms with Crippen LogP contribution in [-0.2, 0) is 4.74 Å². The number of aryl methyl sites for hydroxylation is 1. The SMILES string of the molecule is CCNC(c1cccc(C)c1C)C1CCOC1CC. The summed E-state index contributed by atoms with van der Waals surface area (Å²) in [5.41, 5.74) is 4.26. The number of rotatable bonds is 5. The maximum Gasteiger partial charge on any atom is 0.0619 e. The molecule has 0 aromatic heterocycles. The second-order valence-corrected chi connectivity index (χ2v) is 5.59. The molecule has 0 radical (unpaired) electrons. The highest BCUT2D eigenvalue weighted by Gasteiger charge is 2.34. The van der Waals surface area contributed by atoms with Crippen LogP contribution in [0.5, 0.6) is 0 Å². The van der Waals surface area contributed by atoms with Crippen molar-refractivity contribution in [3.05, 3.63) is 34.9 Å². The number of nitrogens with one attached hydrogen (secondary N) is 1. The fourth-order valence-corrected chi connectivity index (χ4v) is 3.29. The van der Waals surface area contributed by atoms with E-state index in [1.807, 2.05) is 0 Å². The summed E-state index contributed by atoms with van der Waals surface area (Å²) in [6.07, 6.45) is 2.69. The Balaban J connectivity index is 2.31. The molecule has 1 saturated heterocycles. The number of hydrogen-bond donors (Lipinski definition) is 1. The van der Waals surface area contributed by atoms with Gasteiger partial charge in [0, 0.05) is 18.6 Å². The van der Waals surface area contributed by atoms with Gasteiger partial charge in [-0.2, -0.15) is 0 Å². The van der Waals surface area contributed by atoms with E-state index in [-0.39, 0.29) is 0 Å². The van der Waals surface area contributed by atoms with Gasteiger partial charge in [0.2, 0.25) is 0 Å². The molecule has 1 aliphatic heterocycles. The lowest BCUT2D eigenvalue weighted by Gasteiger charge is -2.30. The lowest BCUT2D eigenvalue weighted by molar-refractivity contribution is 0.0775. The van der Waals surface area contributed by atoms with Crippen molar-refractivity contribution in [3.63, 3.8) is 0 Å². The smallest absolute Gasteiger partial charge is 0.0619 e. The van der Waals surface area contributed by atoms with Gasteiger partial charge >= 0.3 is 0 Å². The molecule has 1 N–H and O–H groups in total. The first-order chi connectivity index (χ1) is 9.19. The molecule has 0 amide bonds. The van der Waals surface area contributed by atoms with Crippen molar-refractivity contribution in [2.45, 2.75) is 52.7 Å². The Kier molecular flexibility index (Phi) is 5.00. The van der Waals surface area contributed by atoms with Gasteiger partial charge in [-0.05, 0) is 49.9 Å². The van der Waals surface area contributed by atoms with Crippen LogP contribution >= 0.6 is 0 Å². The van der Waals surface area contributed by atoms with Crippen LogP contribution in [0.15, 0.2) is 18.2 Å². The molecular weight excluding hydrogens is 234 g/mol. The first-order valence-electron chi connectivity index (χ1n) is 7.60. The molecule has 1 aromatic rings. The summed E-state index contributed by atoms with van der Waals surface area (Å²) < 4.78 is 5.89. The highest BCUT2D eigenvalue weighted by Crippen LogP contribution is 2.36. The topological polar surface area (TPSA) is 21.3 Å². The quantitative estimate of drug-likeness (QED) is 0.871. The Morgan fingerprint density at radius 1 is 1.32 bits per heavy atom.